The number of hydrogen-bond donors (Lipinski definition) is 1. The second-order valence-electron chi connectivity index (χ2n) is 5.33. The van der Waals surface area contributed by atoms with Crippen LogP contribution in [0.2, 0.25) is 0 Å². The maximum absolute atomic E-state index is 12.0. The minimum atomic E-state index is -3.18. The standard InChI is InChI=1S/C11H24N2O3S/c1-10(2)16-6-7-17(14,15)13-5-4-11(3,8-12)9-13/h10H,4-9,12H2,1-3H3. The van der Waals surface area contributed by atoms with E-state index in [1.807, 2.05) is 20.8 Å². The maximum Gasteiger partial charge on any atom is 0.216 e. The molecular weight excluding hydrogens is 240 g/mol. The molecule has 0 aromatic heterocycles. The topological polar surface area (TPSA) is 72.6 Å². The van der Waals surface area contributed by atoms with E-state index in [9.17, 15) is 8.42 Å². The predicted octanol–water partition coefficient (Wildman–Crippen LogP) is 0.412. The highest BCUT2D eigenvalue weighted by molar-refractivity contribution is 7.89. The molecular formula is C11H24N2O3S. The van der Waals surface area contributed by atoms with Gasteiger partial charge in [0.2, 0.25) is 10.0 Å². The van der Waals surface area contributed by atoms with Crippen molar-refractivity contribution in [2.24, 2.45) is 11.1 Å². The van der Waals surface area contributed by atoms with E-state index in [-0.39, 0.29) is 23.9 Å². The van der Waals surface area contributed by atoms with Gasteiger partial charge in [-0.3, -0.25) is 0 Å². The van der Waals surface area contributed by atoms with Crippen LogP contribution in [-0.2, 0) is 14.8 Å². The summed E-state index contributed by atoms with van der Waals surface area (Å²) in [5, 5.41) is 0. The molecule has 1 saturated heterocycles. The minimum absolute atomic E-state index is 0.0613. The van der Waals surface area contributed by atoms with Gasteiger partial charge in [0.15, 0.2) is 0 Å². The van der Waals surface area contributed by atoms with Crippen LogP contribution in [0.4, 0.5) is 0 Å². The molecule has 1 aliphatic rings. The van der Waals surface area contributed by atoms with Crippen LogP contribution in [0.15, 0.2) is 0 Å². The van der Waals surface area contributed by atoms with Gasteiger partial charge in [0.25, 0.3) is 0 Å². The summed E-state index contributed by atoms with van der Waals surface area (Å²) in [6.45, 7) is 7.73. The molecule has 1 fully saturated rings. The van der Waals surface area contributed by atoms with E-state index in [2.05, 4.69) is 0 Å². The number of sulfonamides is 1. The highest BCUT2D eigenvalue weighted by Crippen LogP contribution is 2.30. The maximum atomic E-state index is 12.0. The molecule has 1 rings (SSSR count). The van der Waals surface area contributed by atoms with Gasteiger partial charge < -0.3 is 10.5 Å². The lowest BCUT2D eigenvalue weighted by molar-refractivity contribution is 0.0907. The Morgan fingerprint density at radius 2 is 2.12 bits per heavy atom. The summed E-state index contributed by atoms with van der Waals surface area (Å²) >= 11 is 0. The van der Waals surface area contributed by atoms with Gasteiger partial charge in [-0.2, -0.15) is 0 Å². The zero-order chi connectivity index (χ0) is 13.1. The second-order valence-corrected chi connectivity index (χ2v) is 7.42. The monoisotopic (exact) mass is 264 g/mol. The third-order valence-corrected chi connectivity index (χ3v) is 4.98. The summed E-state index contributed by atoms with van der Waals surface area (Å²) in [7, 11) is -3.18. The quantitative estimate of drug-likeness (QED) is 0.754. The zero-order valence-electron chi connectivity index (χ0n) is 11.0. The van der Waals surface area contributed by atoms with Crippen LogP contribution < -0.4 is 5.73 Å². The van der Waals surface area contributed by atoms with Crippen molar-refractivity contribution in [3.05, 3.63) is 0 Å². The molecule has 0 bridgehead atoms. The minimum Gasteiger partial charge on any atom is -0.378 e. The summed E-state index contributed by atoms with van der Waals surface area (Å²) < 4.78 is 30.9. The predicted molar refractivity (Wildman–Crippen MR) is 68.2 cm³/mol. The van der Waals surface area contributed by atoms with Gasteiger partial charge in [0.1, 0.15) is 0 Å². The average Bonchev–Trinajstić information content (AvgIpc) is 2.62. The molecule has 0 saturated carbocycles. The first-order valence-corrected chi connectivity index (χ1v) is 7.69. The van der Waals surface area contributed by atoms with E-state index in [0.29, 0.717) is 19.6 Å². The van der Waals surface area contributed by atoms with Gasteiger partial charge >= 0.3 is 0 Å². The Kier molecular flexibility index (Phi) is 4.95. The smallest absolute Gasteiger partial charge is 0.216 e. The van der Waals surface area contributed by atoms with Crippen LogP contribution in [0.3, 0.4) is 0 Å². The Balaban J connectivity index is 2.49. The van der Waals surface area contributed by atoms with Gasteiger partial charge in [0.05, 0.1) is 18.5 Å². The number of hydrogen-bond acceptors (Lipinski definition) is 4. The lowest BCUT2D eigenvalue weighted by atomic mass is 9.90. The Labute approximate surface area is 104 Å². The van der Waals surface area contributed by atoms with E-state index < -0.39 is 10.0 Å². The molecule has 1 atom stereocenters. The van der Waals surface area contributed by atoms with Crippen LogP contribution in [0, 0.1) is 5.41 Å². The molecule has 6 heteroatoms. The molecule has 0 aliphatic carbocycles. The molecule has 5 nitrogen and oxygen atoms in total. The van der Waals surface area contributed by atoms with Crippen LogP contribution in [-0.4, -0.2) is 50.8 Å². The molecule has 2 N–H and O–H groups in total. The van der Waals surface area contributed by atoms with Crippen molar-refractivity contribution in [3.63, 3.8) is 0 Å². The average molecular weight is 264 g/mol. The van der Waals surface area contributed by atoms with Crippen LogP contribution >= 0.6 is 0 Å². The molecule has 1 unspecified atom stereocenters. The van der Waals surface area contributed by atoms with Crippen LogP contribution in [0.1, 0.15) is 27.2 Å². The van der Waals surface area contributed by atoms with E-state index in [4.69, 9.17) is 10.5 Å². The van der Waals surface area contributed by atoms with Gasteiger partial charge in [-0.05, 0) is 32.2 Å². The summed E-state index contributed by atoms with van der Waals surface area (Å²) in [5.41, 5.74) is 5.60. The van der Waals surface area contributed by atoms with Gasteiger partial charge in [-0.1, -0.05) is 6.92 Å². The Hall–Kier alpha value is -0.170. The fourth-order valence-electron chi connectivity index (χ4n) is 1.90. The first kappa shape index (κ1) is 14.9. The lowest BCUT2D eigenvalue weighted by Gasteiger charge is -2.22. The Morgan fingerprint density at radius 1 is 1.47 bits per heavy atom. The fourth-order valence-corrected chi connectivity index (χ4v) is 3.34. The molecule has 1 aliphatic heterocycles. The van der Waals surface area contributed by atoms with Crippen LogP contribution in [0.25, 0.3) is 0 Å². The number of rotatable bonds is 6. The molecule has 17 heavy (non-hydrogen) atoms. The summed E-state index contributed by atoms with van der Waals surface area (Å²) in [4.78, 5) is 0. The fraction of sp³-hybridized carbons (Fsp3) is 1.00. The van der Waals surface area contributed by atoms with Crippen LogP contribution in [0.5, 0.6) is 0 Å². The lowest BCUT2D eigenvalue weighted by Crippen LogP contribution is -2.36. The van der Waals surface area contributed by atoms with Crippen molar-refractivity contribution in [1.82, 2.24) is 4.31 Å². The number of nitrogens with zero attached hydrogens (tertiary/aromatic N) is 1. The number of ether oxygens (including phenoxy) is 1. The first-order valence-electron chi connectivity index (χ1n) is 6.09. The van der Waals surface area contributed by atoms with Crippen molar-refractivity contribution in [2.45, 2.75) is 33.3 Å². The largest absolute Gasteiger partial charge is 0.378 e. The van der Waals surface area contributed by atoms with Gasteiger partial charge in [-0.15, -0.1) is 0 Å². The molecule has 102 valence electrons. The highest BCUT2D eigenvalue weighted by atomic mass is 32.2. The van der Waals surface area contributed by atoms with E-state index >= 15 is 0 Å². The molecule has 1 heterocycles. The Morgan fingerprint density at radius 3 is 2.59 bits per heavy atom. The summed E-state index contributed by atoms with van der Waals surface area (Å²) in [5.74, 6) is 0.0613. The number of nitrogens with two attached hydrogens (primary N) is 1. The van der Waals surface area contributed by atoms with Crippen molar-refractivity contribution in [1.29, 1.82) is 0 Å². The first-order chi connectivity index (χ1) is 7.79. The van der Waals surface area contributed by atoms with Crippen molar-refractivity contribution in [3.8, 4) is 0 Å². The van der Waals surface area contributed by atoms with Crippen molar-refractivity contribution < 1.29 is 13.2 Å². The van der Waals surface area contributed by atoms with Gasteiger partial charge in [0, 0.05) is 13.1 Å². The highest BCUT2D eigenvalue weighted by Gasteiger charge is 2.37. The molecule has 0 aromatic rings. The van der Waals surface area contributed by atoms with Gasteiger partial charge in [-0.25, -0.2) is 12.7 Å². The van der Waals surface area contributed by atoms with E-state index in [0.717, 1.165) is 6.42 Å². The second kappa shape index (κ2) is 5.65. The SMILES string of the molecule is CC(C)OCCS(=O)(=O)N1CCC(C)(CN)C1. The molecule has 0 aromatic carbocycles. The van der Waals surface area contributed by atoms with E-state index in [1.54, 1.807) is 4.31 Å². The third kappa shape index (κ3) is 4.21. The van der Waals surface area contributed by atoms with Crippen molar-refractivity contribution in [2.75, 3.05) is 32.0 Å². The third-order valence-electron chi connectivity index (χ3n) is 3.20. The molecule has 0 amide bonds. The summed E-state index contributed by atoms with van der Waals surface area (Å²) in [6.07, 6.45) is 0.909. The summed E-state index contributed by atoms with van der Waals surface area (Å²) in [6, 6.07) is 0. The molecule has 0 spiro atoms. The van der Waals surface area contributed by atoms with E-state index in [1.165, 1.54) is 0 Å². The molecule has 0 radical (unpaired) electrons. The Bertz CT molecular complexity index is 343. The normalized spacial score (nSPS) is 26.9. The van der Waals surface area contributed by atoms with Crippen molar-refractivity contribution >= 4 is 10.0 Å². The zero-order valence-corrected chi connectivity index (χ0v) is 11.8.